The Balaban J connectivity index is 1.25. The molecule has 1 aliphatic heterocycles. The second-order valence-corrected chi connectivity index (χ2v) is 8.79. The second-order valence-electron chi connectivity index (χ2n) is 8.79. The lowest BCUT2D eigenvalue weighted by Gasteiger charge is -2.29. The molecule has 156 valence electrons. The van der Waals surface area contributed by atoms with Gasteiger partial charge in [-0.3, -0.25) is 4.79 Å². The van der Waals surface area contributed by atoms with Crippen molar-refractivity contribution in [2.45, 2.75) is 45.4 Å². The number of carbonyl (C=O) groups is 1. The lowest BCUT2D eigenvalue weighted by atomic mass is 10.1. The first-order chi connectivity index (χ1) is 14.5. The van der Waals surface area contributed by atoms with E-state index >= 15 is 0 Å². The topological polar surface area (TPSA) is 69.5 Å². The highest BCUT2D eigenvalue weighted by molar-refractivity contribution is 6.04. The normalized spacial score (nSPS) is 19.9. The van der Waals surface area contributed by atoms with Gasteiger partial charge in [-0.25, -0.2) is 4.68 Å². The zero-order valence-electron chi connectivity index (χ0n) is 17.4. The summed E-state index contributed by atoms with van der Waals surface area (Å²) >= 11 is 0. The molecule has 1 aromatic heterocycles. The third-order valence-corrected chi connectivity index (χ3v) is 6.07. The summed E-state index contributed by atoms with van der Waals surface area (Å²) in [5, 5.41) is 8.16. The minimum absolute atomic E-state index is 0.209. The van der Waals surface area contributed by atoms with Crippen LogP contribution in [0.3, 0.4) is 0 Å². The average molecular weight is 406 g/mol. The third kappa shape index (κ3) is 4.11. The molecule has 7 heteroatoms. The standard InChI is InChI=1S/C23H26N4O3/c1-16-3-4-18(8-7-17-5-6-17)11-20(16)26(2)22(28)19-12-27(25-24-19)13-21-29-14-23(9-10-23)15-30-21/h3-4,11-12,17,21H,5-6,9-10,13-15H2,1-2H3. The van der Waals surface area contributed by atoms with Crippen molar-refractivity contribution < 1.29 is 14.3 Å². The number of ether oxygens (including phenoxy) is 2. The number of anilines is 1. The van der Waals surface area contributed by atoms with Gasteiger partial charge in [0.25, 0.3) is 5.91 Å². The van der Waals surface area contributed by atoms with Gasteiger partial charge >= 0.3 is 0 Å². The lowest BCUT2D eigenvalue weighted by molar-refractivity contribution is -0.213. The van der Waals surface area contributed by atoms with Crippen molar-refractivity contribution in [3.05, 3.63) is 41.2 Å². The first-order valence-electron chi connectivity index (χ1n) is 10.5. The van der Waals surface area contributed by atoms with Crippen LogP contribution in [0, 0.1) is 30.1 Å². The van der Waals surface area contributed by atoms with Crippen LogP contribution in [0.2, 0.25) is 0 Å². The molecule has 2 aliphatic carbocycles. The molecule has 7 nitrogen and oxygen atoms in total. The molecule has 0 bridgehead atoms. The van der Waals surface area contributed by atoms with E-state index in [-0.39, 0.29) is 17.6 Å². The highest BCUT2D eigenvalue weighted by atomic mass is 16.7. The molecule has 2 heterocycles. The molecule has 0 radical (unpaired) electrons. The lowest BCUT2D eigenvalue weighted by Crippen LogP contribution is -2.36. The number of carbonyl (C=O) groups excluding carboxylic acids is 1. The Morgan fingerprint density at radius 2 is 2.07 bits per heavy atom. The number of aromatic nitrogens is 3. The summed E-state index contributed by atoms with van der Waals surface area (Å²) < 4.78 is 13.2. The summed E-state index contributed by atoms with van der Waals surface area (Å²) in [7, 11) is 1.75. The van der Waals surface area contributed by atoms with E-state index in [0.29, 0.717) is 18.2 Å². The van der Waals surface area contributed by atoms with E-state index < -0.39 is 0 Å². The van der Waals surface area contributed by atoms with Crippen LogP contribution in [-0.4, -0.2) is 47.5 Å². The Hall–Kier alpha value is -2.69. The number of hydrogen-bond acceptors (Lipinski definition) is 5. The van der Waals surface area contributed by atoms with Gasteiger partial charge in [-0.1, -0.05) is 23.1 Å². The van der Waals surface area contributed by atoms with E-state index in [9.17, 15) is 4.79 Å². The molecule has 1 saturated heterocycles. The van der Waals surface area contributed by atoms with Gasteiger partial charge in [0.1, 0.15) is 0 Å². The number of rotatable bonds is 4. The van der Waals surface area contributed by atoms with Crippen molar-refractivity contribution in [2.24, 2.45) is 11.3 Å². The average Bonchev–Trinajstić information content (AvgIpc) is 3.68. The van der Waals surface area contributed by atoms with Crippen molar-refractivity contribution in [3.8, 4) is 11.8 Å². The predicted octanol–water partition coefficient (Wildman–Crippen LogP) is 2.78. The molecule has 2 aromatic rings. The largest absolute Gasteiger partial charge is 0.350 e. The molecule has 0 N–H and O–H groups in total. The minimum Gasteiger partial charge on any atom is -0.350 e. The monoisotopic (exact) mass is 406 g/mol. The molecule has 2 saturated carbocycles. The van der Waals surface area contributed by atoms with Crippen LogP contribution in [0.15, 0.2) is 24.4 Å². The fourth-order valence-electron chi connectivity index (χ4n) is 3.58. The molecule has 5 rings (SSSR count). The van der Waals surface area contributed by atoms with Gasteiger partial charge in [-0.05, 0) is 50.3 Å². The molecular weight excluding hydrogens is 380 g/mol. The van der Waals surface area contributed by atoms with Crippen molar-refractivity contribution in [1.82, 2.24) is 15.0 Å². The zero-order valence-corrected chi connectivity index (χ0v) is 17.4. The Labute approximate surface area is 176 Å². The first-order valence-corrected chi connectivity index (χ1v) is 10.5. The van der Waals surface area contributed by atoms with Crippen LogP contribution in [-0.2, 0) is 16.0 Å². The molecule has 1 spiro atoms. The quantitative estimate of drug-likeness (QED) is 0.731. The van der Waals surface area contributed by atoms with E-state index in [0.717, 1.165) is 30.0 Å². The van der Waals surface area contributed by atoms with Crippen molar-refractivity contribution >= 4 is 11.6 Å². The van der Waals surface area contributed by atoms with Gasteiger partial charge in [-0.2, -0.15) is 0 Å². The maximum Gasteiger partial charge on any atom is 0.280 e. The Bertz CT molecular complexity index is 1020. The highest BCUT2D eigenvalue weighted by Gasteiger charge is 2.47. The fourth-order valence-corrected chi connectivity index (χ4v) is 3.58. The van der Waals surface area contributed by atoms with E-state index in [1.807, 2.05) is 25.1 Å². The van der Waals surface area contributed by atoms with E-state index in [1.165, 1.54) is 25.7 Å². The highest BCUT2D eigenvalue weighted by Crippen LogP contribution is 2.48. The van der Waals surface area contributed by atoms with Crippen molar-refractivity contribution in [1.29, 1.82) is 0 Å². The van der Waals surface area contributed by atoms with E-state index in [1.54, 1.807) is 22.8 Å². The van der Waals surface area contributed by atoms with Gasteiger partial charge in [0, 0.05) is 29.6 Å². The first kappa shape index (κ1) is 19.3. The van der Waals surface area contributed by atoms with Gasteiger partial charge < -0.3 is 14.4 Å². The van der Waals surface area contributed by atoms with Gasteiger partial charge in [0.2, 0.25) is 0 Å². The molecule has 3 aliphatic rings. The molecule has 0 unspecified atom stereocenters. The number of amides is 1. The van der Waals surface area contributed by atoms with Crippen LogP contribution >= 0.6 is 0 Å². The molecule has 3 fully saturated rings. The SMILES string of the molecule is Cc1ccc(C#CC2CC2)cc1N(C)C(=O)c1cn(CC2OCC3(CC3)CO2)nn1. The molecule has 30 heavy (non-hydrogen) atoms. The number of benzene rings is 1. The van der Waals surface area contributed by atoms with Crippen LogP contribution in [0.4, 0.5) is 5.69 Å². The summed E-state index contributed by atoms with van der Waals surface area (Å²) in [6.45, 7) is 3.88. The summed E-state index contributed by atoms with van der Waals surface area (Å²) in [6.07, 6.45) is 6.05. The Morgan fingerprint density at radius 1 is 1.30 bits per heavy atom. The van der Waals surface area contributed by atoms with Crippen LogP contribution < -0.4 is 4.90 Å². The van der Waals surface area contributed by atoms with Crippen LogP contribution in [0.5, 0.6) is 0 Å². The minimum atomic E-state index is -0.345. The van der Waals surface area contributed by atoms with E-state index in [4.69, 9.17) is 9.47 Å². The molecule has 0 atom stereocenters. The maximum atomic E-state index is 13.0. The van der Waals surface area contributed by atoms with Crippen LogP contribution in [0.25, 0.3) is 0 Å². The fraction of sp³-hybridized carbons (Fsp3) is 0.522. The number of hydrogen-bond donors (Lipinski definition) is 0. The summed E-state index contributed by atoms with van der Waals surface area (Å²) in [6, 6.07) is 5.96. The summed E-state index contributed by atoms with van der Waals surface area (Å²) in [5.74, 6) is 6.82. The number of aryl methyl sites for hydroxylation is 1. The summed E-state index contributed by atoms with van der Waals surface area (Å²) in [5.41, 5.74) is 3.31. The van der Waals surface area contributed by atoms with Gasteiger partial charge in [0.15, 0.2) is 12.0 Å². The molecule has 1 aromatic carbocycles. The molecular formula is C23H26N4O3. The van der Waals surface area contributed by atoms with Gasteiger partial charge in [-0.15, -0.1) is 5.10 Å². The smallest absolute Gasteiger partial charge is 0.280 e. The summed E-state index contributed by atoms with van der Waals surface area (Å²) in [4.78, 5) is 14.6. The van der Waals surface area contributed by atoms with Crippen LogP contribution in [0.1, 0.15) is 47.3 Å². The number of nitrogens with zero attached hydrogens (tertiary/aromatic N) is 4. The maximum absolute atomic E-state index is 13.0. The third-order valence-electron chi connectivity index (χ3n) is 6.07. The van der Waals surface area contributed by atoms with Crippen molar-refractivity contribution in [3.63, 3.8) is 0 Å². The van der Waals surface area contributed by atoms with Gasteiger partial charge in [0.05, 0.1) is 26.0 Å². The Morgan fingerprint density at radius 3 is 2.77 bits per heavy atom. The zero-order chi connectivity index (χ0) is 20.7. The Kier molecular flexibility index (Phi) is 4.84. The predicted molar refractivity (Wildman–Crippen MR) is 111 cm³/mol. The second kappa shape index (κ2) is 7.53. The van der Waals surface area contributed by atoms with Crippen molar-refractivity contribution in [2.75, 3.05) is 25.2 Å². The van der Waals surface area contributed by atoms with E-state index in [2.05, 4.69) is 22.2 Å². The molecule has 1 amide bonds.